The van der Waals surface area contributed by atoms with Crippen LogP contribution < -0.4 is 9.47 Å². The van der Waals surface area contributed by atoms with Crippen LogP contribution in [0.15, 0.2) is 207 Å². The van der Waals surface area contributed by atoms with Crippen molar-refractivity contribution in [3.63, 3.8) is 0 Å². The Labute approximate surface area is 418 Å². The summed E-state index contributed by atoms with van der Waals surface area (Å²) in [5.74, 6) is 3.29. The Morgan fingerprint density at radius 3 is 1.29 bits per heavy atom. The van der Waals surface area contributed by atoms with Gasteiger partial charge < -0.3 is 14.0 Å². The van der Waals surface area contributed by atoms with Crippen molar-refractivity contribution in [3.8, 4) is 68.3 Å². The van der Waals surface area contributed by atoms with Gasteiger partial charge in [-0.1, -0.05) is 102 Å². The summed E-state index contributed by atoms with van der Waals surface area (Å²) >= 11 is 0. The minimum atomic E-state index is 0.0302. The van der Waals surface area contributed by atoms with Gasteiger partial charge in [0.05, 0.1) is 33.5 Å². The molecule has 5 aromatic heterocycles. The summed E-state index contributed by atoms with van der Waals surface area (Å²) in [6.07, 6.45) is 7.41. The largest absolute Gasteiger partial charge is 0.457 e. The summed E-state index contributed by atoms with van der Waals surface area (Å²) in [4.78, 5) is 19.3. The molecule has 8 heteroatoms. The molecule has 0 N–H and O–H groups in total. The zero-order valence-corrected chi connectivity index (χ0v) is 41.1. The SMILES string of the molecule is CC(C)(C)c1ccc2c(c1)c1cc(C(C)(C)C)ccc1n2-c1ccc(-c2cnc(-n3c4cc(Oc5cccc(-c6ccccn6)c5)ccc4c4ccc(Oc5cccc(-c6ccccn6)c5)cc43)nc2)cc1. The molecule has 0 saturated carbocycles. The predicted molar refractivity (Wildman–Crippen MR) is 293 cm³/mol. The van der Waals surface area contributed by atoms with Crippen molar-refractivity contribution in [2.75, 3.05) is 0 Å². The van der Waals surface area contributed by atoms with Crippen molar-refractivity contribution >= 4 is 43.6 Å². The molecule has 12 rings (SSSR count). The maximum Gasteiger partial charge on any atom is 0.234 e. The molecule has 0 aliphatic carbocycles. The van der Waals surface area contributed by atoms with Crippen molar-refractivity contribution in [2.45, 2.75) is 52.4 Å². The van der Waals surface area contributed by atoms with Crippen molar-refractivity contribution in [2.24, 2.45) is 0 Å². The van der Waals surface area contributed by atoms with Crippen LogP contribution in [0.1, 0.15) is 52.7 Å². The molecule has 350 valence electrons. The topological polar surface area (TPSA) is 79.9 Å². The van der Waals surface area contributed by atoms with E-state index in [4.69, 9.17) is 19.4 Å². The van der Waals surface area contributed by atoms with E-state index in [1.54, 1.807) is 12.4 Å². The van der Waals surface area contributed by atoms with Gasteiger partial charge in [0, 0.05) is 80.8 Å². The lowest BCUT2D eigenvalue weighted by Crippen LogP contribution is -2.10. The van der Waals surface area contributed by atoms with E-state index in [9.17, 15) is 0 Å². The van der Waals surface area contributed by atoms with Gasteiger partial charge in [0.15, 0.2) is 0 Å². The molecule has 8 nitrogen and oxygen atoms in total. The van der Waals surface area contributed by atoms with E-state index < -0.39 is 0 Å². The number of hydrogen-bond acceptors (Lipinski definition) is 6. The highest BCUT2D eigenvalue weighted by Crippen LogP contribution is 2.40. The molecule has 0 bridgehead atoms. The van der Waals surface area contributed by atoms with Gasteiger partial charge in [-0.25, -0.2) is 9.97 Å². The van der Waals surface area contributed by atoms with Gasteiger partial charge in [0.1, 0.15) is 23.0 Å². The number of fused-ring (bicyclic) bond motifs is 6. The molecule has 0 amide bonds. The Balaban J connectivity index is 0.917. The van der Waals surface area contributed by atoms with Gasteiger partial charge in [-0.2, -0.15) is 0 Å². The normalized spacial score (nSPS) is 12.0. The highest BCUT2D eigenvalue weighted by atomic mass is 16.5. The Kier molecular flexibility index (Phi) is 10.8. The van der Waals surface area contributed by atoms with Gasteiger partial charge in [0.2, 0.25) is 5.95 Å². The van der Waals surface area contributed by atoms with Gasteiger partial charge in [0.25, 0.3) is 0 Å². The maximum atomic E-state index is 6.57. The highest BCUT2D eigenvalue weighted by molar-refractivity contribution is 6.11. The second-order valence-electron chi connectivity index (χ2n) is 20.5. The first-order valence-corrected chi connectivity index (χ1v) is 24.4. The smallest absolute Gasteiger partial charge is 0.234 e. The first-order chi connectivity index (χ1) is 34.9. The van der Waals surface area contributed by atoms with Crippen molar-refractivity contribution in [3.05, 3.63) is 218 Å². The van der Waals surface area contributed by atoms with E-state index in [2.05, 4.69) is 146 Å². The van der Waals surface area contributed by atoms with E-state index in [1.165, 1.54) is 32.9 Å². The van der Waals surface area contributed by atoms with E-state index in [-0.39, 0.29) is 10.8 Å². The van der Waals surface area contributed by atoms with Crippen LogP contribution in [0, 0.1) is 0 Å². The summed E-state index contributed by atoms with van der Waals surface area (Å²) in [7, 11) is 0. The van der Waals surface area contributed by atoms with Crippen molar-refractivity contribution in [1.82, 2.24) is 29.1 Å². The number of rotatable bonds is 9. The predicted octanol–water partition coefficient (Wildman–Crippen LogP) is 16.6. The third kappa shape index (κ3) is 8.30. The van der Waals surface area contributed by atoms with Crippen LogP contribution in [0.5, 0.6) is 23.0 Å². The molecule has 0 spiro atoms. The molecular weight excluding hydrogens is 885 g/mol. The average molecular weight is 937 g/mol. The number of ether oxygens (including phenoxy) is 2. The lowest BCUT2D eigenvalue weighted by atomic mass is 9.85. The minimum Gasteiger partial charge on any atom is -0.457 e. The van der Waals surface area contributed by atoms with Gasteiger partial charge >= 0.3 is 0 Å². The summed E-state index contributed by atoms with van der Waals surface area (Å²) < 4.78 is 17.6. The molecule has 0 atom stereocenters. The Hall–Kier alpha value is -8.88. The molecule has 0 aliphatic heterocycles. The fourth-order valence-electron chi connectivity index (χ4n) is 9.72. The van der Waals surface area contributed by atoms with Crippen molar-refractivity contribution in [1.29, 1.82) is 0 Å². The summed E-state index contributed by atoms with van der Waals surface area (Å²) in [5, 5.41) is 4.59. The van der Waals surface area contributed by atoms with Gasteiger partial charge in [-0.15, -0.1) is 0 Å². The third-order valence-corrected chi connectivity index (χ3v) is 13.6. The Bertz CT molecular complexity index is 3760. The lowest BCUT2D eigenvalue weighted by molar-refractivity contribution is 0.483. The molecular formula is C64H52N6O2. The maximum absolute atomic E-state index is 6.57. The monoisotopic (exact) mass is 936 g/mol. The van der Waals surface area contributed by atoms with E-state index in [1.807, 2.05) is 109 Å². The van der Waals surface area contributed by atoms with Crippen LogP contribution in [0.4, 0.5) is 0 Å². The molecule has 0 aliphatic rings. The number of benzene rings is 7. The lowest BCUT2D eigenvalue weighted by Gasteiger charge is -2.19. The summed E-state index contributed by atoms with van der Waals surface area (Å²) in [6, 6.07) is 62.7. The van der Waals surface area contributed by atoms with E-state index >= 15 is 0 Å². The van der Waals surface area contributed by atoms with E-state index in [0.29, 0.717) is 28.9 Å². The molecule has 7 aromatic carbocycles. The first-order valence-electron chi connectivity index (χ1n) is 24.4. The highest BCUT2D eigenvalue weighted by Gasteiger charge is 2.22. The second-order valence-corrected chi connectivity index (χ2v) is 20.5. The molecule has 5 heterocycles. The first kappa shape index (κ1) is 44.3. The Morgan fingerprint density at radius 1 is 0.347 bits per heavy atom. The molecule has 72 heavy (non-hydrogen) atoms. The third-order valence-electron chi connectivity index (χ3n) is 13.6. The molecule has 0 radical (unpaired) electrons. The number of aromatic nitrogens is 6. The van der Waals surface area contributed by atoms with Crippen LogP contribution in [0.2, 0.25) is 0 Å². The summed E-state index contributed by atoms with van der Waals surface area (Å²) in [6.45, 7) is 13.7. The van der Waals surface area contributed by atoms with E-state index in [0.717, 1.165) is 61.1 Å². The number of nitrogens with zero attached hydrogens (tertiary/aromatic N) is 6. The van der Waals surface area contributed by atoms with Crippen LogP contribution >= 0.6 is 0 Å². The molecule has 0 unspecified atom stereocenters. The van der Waals surface area contributed by atoms with Crippen LogP contribution in [-0.2, 0) is 10.8 Å². The number of pyridine rings is 2. The summed E-state index contributed by atoms with van der Waals surface area (Å²) in [5.41, 5.74) is 13.6. The quantitative estimate of drug-likeness (QED) is 0.143. The Morgan fingerprint density at radius 2 is 0.833 bits per heavy atom. The average Bonchev–Trinajstić information content (AvgIpc) is 3.90. The van der Waals surface area contributed by atoms with Crippen LogP contribution in [-0.4, -0.2) is 29.1 Å². The zero-order valence-electron chi connectivity index (χ0n) is 41.1. The molecule has 12 aromatic rings. The fourth-order valence-corrected chi connectivity index (χ4v) is 9.72. The standard InChI is InChI=1S/C64H52N6O2/c1-63(2,3)45-21-29-58-54(35-45)55-36-46(64(4,5)6)22-30-59(55)69(58)47-23-19-41(20-24-47)44-39-67-62(68-40-44)70-60-37-50(71-48-15-11-13-42(33-48)56-17-7-9-31-65-56)25-27-52(60)53-28-26-51(38-61(53)70)72-49-16-12-14-43(34-49)57-18-8-10-32-66-57/h7-40H,1-6H3. The number of hydrogen-bond donors (Lipinski definition) is 0. The molecule has 0 fully saturated rings. The molecule has 0 saturated heterocycles. The minimum absolute atomic E-state index is 0.0302. The van der Waals surface area contributed by atoms with Gasteiger partial charge in [-0.05, 0) is 137 Å². The second kappa shape index (κ2) is 17.5. The van der Waals surface area contributed by atoms with Crippen LogP contribution in [0.3, 0.4) is 0 Å². The van der Waals surface area contributed by atoms with Gasteiger partial charge in [-0.3, -0.25) is 14.5 Å². The van der Waals surface area contributed by atoms with Crippen molar-refractivity contribution < 1.29 is 9.47 Å². The van der Waals surface area contributed by atoms with Crippen LogP contribution in [0.25, 0.3) is 88.9 Å². The fraction of sp³-hybridized carbons (Fsp3) is 0.125. The zero-order chi connectivity index (χ0) is 49.1.